The molecule has 5 nitrogen and oxygen atoms in total. The minimum Gasteiger partial charge on any atom is -0.481 e. The maximum atomic E-state index is 10.0. The fourth-order valence-corrected chi connectivity index (χ4v) is 1.34. The number of aliphatic carboxylic acids is 1. The highest BCUT2D eigenvalue weighted by atomic mass is 16.4. The van der Waals surface area contributed by atoms with Crippen LogP contribution in [0.2, 0.25) is 0 Å². The van der Waals surface area contributed by atoms with Gasteiger partial charge in [0.05, 0.1) is 6.54 Å². The summed E-state index contributed by atoms with van der Waals surface area (Å²) in [6, 6.07) is 0. The second kappa shape index (κ2) is 18.3. The van der Waals surface area contributed by atoms with Gasteiger partial charge in [-0.05, 0) is 25.7 Å². The second-order valence-corrected chi connectivity index (χ2v) is 4.19. The first-order valence-corrected chi connectivity index (χ1v) is 6.87. The molecule has 0 spiro atoms. The van der Waals surface area contributed by atoms with Crippen molar-refractivity contribution in [2.45, 2.75) is 58.3 Å². The van der Waals surface area contributed by atoms with E-state index in [1.54, 1.807) is 0 Å². The number of unbranched alkanes of at least 4 members (excludes halogenated alkanes) is 5. The number of carbonyl (C=O) groups excluding carboxylic acids is 1. The standard InChI is InChI=1S/C7H13NO3.C6H15N/c9-6-8-5-3-1-2-4-7(10)11;1-2-3-4-5-6-7/h6H,1-5H2,(H,8,9)(H,10,11);2-7H2,1H3/p+1. The van der Waals surface area contributed by atoms with E-state index in [2.05, 4.69) is 18.0 Å². The van der Waals surface area contributed by atoms with Crippen LogP contribution in [0.5, 0.6) is 0 Å². The Morgan fingerprint density at radius 3 is 2.33 bits per heavy atom. The molecule has 0 saturated carbocycles. The number of nitrogens with one attached hydrogen (secondary N) is 1. The maximum Gasteiger partial charge on any atom is 0.303 e. The molecule has 0 bridgehead atoms. The SMILES string of the molecule is CCCCCC[NH3+].O=CNCCCCCC(=O)O. The van der Waals surface area contributed by atoms with Gasteiger partial charge in [-0.3, -0.25) is 9.59 Å². The molecule has 0 radical (unpaired) electrons. The lowest BCUT2D eigenvalue weighted by molar-refractivity contribution is -0.368. The molecule has 0 atom stereocenters. The molecule has 5 heteroatoms. The predicted octanol–water partition coefficient (Wildman–Crippen LogP) is 1.19. The zero-order valence-corrected chi connectivity index (χ0v) is 11.6. The topological polar surface area (TPSA) is 94.0 Å². The Kier molecular flexibility index (Phi) is 19.5. The molecule has 108 valence electrons. The first-order chi connectivity index (χ1) is 8.68. The van der Waals surface area contributed by atoms with Gasteiger partial charge in [0.15, 0.2) is 0 Å². The van der Waals surface area contributed by atoms with Gasteiger partial charge in [0.25, 0.3) is 0 Å². The lowest BCUT2D eigenvalue weighted by Crippen LogP contribution is -2.50. The number of hydrogen-bond acceptors (Lipinski definition) is 2. The van der Waals surface area contributed by atoms with E-state index < -0.39 is 5.97 Å². The molecule has 0 saturated heterocycles. The Hall–Kier alpha value is -1.10. The van der Waals surface area contributed by atoms with Crippen LogP contribution in [0.1, 0.15) is 58.3 Å². The van der Waals surface area contributed by atoms with Crippen molar-refractivity contribution < 1.29 is 20.4 Å². The Morgan fingerprint density at radius 2 is 1.83 bits per heavy atom. The average molecular weight is 261 g/mol. The number of hydrogen-bond donors (Lipinski definition) is 3. The van der Waals surface area contributed by atoms with Crippen LogP contribution in [0.4, 0.5) is 0 Å². The third-order valence-corrected chi connectivity index (χ3v) is 2.40. The lowest BCUT2D eigenvalue weighted by Gasteiger charge is -1.96. The van der Waals surface area contributed by atoms with Crippen molar-refractivity contribution in [1.82, 2.24) is 5.32 Å². The monoisotopic (exact) mass is 261 g/mol. The highest BCUT2D eigenvalue weighted by Gasteiger charge is 1.95. The summed E-state index contributed by atoms with van der Waals surface area (Å²) in [7, 11) is 0. The normalized spacial score (nSPS) is 9.22. The summed E-state index contributed by atoms with van der Waals surface area (Å²) < 4.78 is 0. The van der Waals surface area contributed by atoms with E-state index in [0.717, 1.165) is 19.4 Å². The summed E-state index contributed by atoms with van der Waals surface area (Å²) in [6.45, 7) is 3.98. The molecule has 0 fully saturated rings. The van der Waals surface area contributed by atoms with Gasteiger partial charge in [-0.15, -0.1) is 0 Å². The first-order valence-electron chi connectivity index (χ1n) is 6.87. The van der Waals surface area contributed by atoms with Crippen LogP contribution in [0.3, 0.4) is 0 Å². The molecule has 0 heterocycles. The summed E-state index contributed by atoms with van der Waals surface area (Å²) in [6.07, 6.45) is 8.68. The number of carbonyl (C=O) groups is 2. The number of carboxylic acids is 1. The summed E-state index contributed by atoms with van der Waals surface area (Å²) in [5.41, 5.74) is 3.76. The van der Waals surface area contributed by atoms with Gasteiger partial charge in [-0.25, -0.2) is 0 Å². The second-order valence-electron chi connectivity index (χ2n) is 4.19. The van der Waals surface area contributed by atoms with Crippen molar-refractivity contribution in [3.8, 4) is 0 Å². The van der Waals surface area contributed by atoms with Gasteiger partial charge in [-0.1, -0.05) is 26.2 Å². The summed E-state index contributed by atoms with van der Waals surface area (Å²) in [5.74, 6) is -0.756. The van der Waals surface area contributed by atoms with Crippen LogP contribution in [-0.4, -0.2) is 30.6 Å². The third-order valence-electron chi connectivity index (χ3n) is 2.40. The Morgan fingerprint density at radius 1 is 1.17 bits per heavy atom. The number of quaternary nitrogens is 1. The molecule has 0 aromatic carbocycles. The van der Waals surface area contributed by atoms with Crippen molar-refractivity contribution in [2.75, 3.05) is 13.1 Å². The van der Waals surface area contributed by atoms with Gasteiger partial charge in [0.2, 0.25) is 6.41 Å². The fourth-order valence-electron chi connectivity index (χ4n) is 1.34. The zero-order chi connectivity index (χ0) is 14.1. The van der Waals surface area contributed by atoms with Crippen molar-refractivity contribution in [1.29, 1.82) is 0 Å². The minimum absolute atomic E-state index is 0.223. The molecule has 0 aliphatic carbocycles. The molecule has 0 aliphatic rings. The quantitative estimate of drug-likeness (QED) is 0.385. The molecule has 1 amide bonds. The smallest absolute Gasteiger partial charge is 0.303 e. The predicted molar refractivity (Wildman–Crippen MR) is 72.1 cm³/mol. The van der Waals surface area contributed by atoms with Crippen LogP contribution in [0.15, 0.2) is 0 Å². The number of rotatable bonds is 11. The van der Waals surface area contributed by atoms with Crippen LogP contribution < -0.4 is 11.1 Å². The number of amides is 1. The highest BCUT2D eigenvalue weighted by Crippen LogP contribution is 1.97. The minimum atomic E-state index is -0.756. The largest absolute Gasteiger partial charge is 0.481 e. The molecule has 0 aromatic heterocycles. The summed E-state index contributed by atoms with van der Waals surface area (Å²) in [5, 5.41) is 10.8. The van der Waals surface area contributed by atoms with E-state index in [9.17, 15) is 9.59 Å². The lowest BCUT2D eigenvalue weighted by atomic mass is 10.2. The van der Waals surface area contributed by atoms with E-state index in [1.165, 1.54) is 25.7 Å². The molecule has 0 unspecified atom stereocenters. The zero-order valence-electron chi connectivity index (χ0n) is 11.6. The van der Waals surface area contributed by atoms with Crippen LogP contribution in [-0.2, 0) is 9.59 Å². The molecular weight excluding hydrogens is 232 g/mol. The molecule has 0 rings (SSSR count). The van der Waals surface area contributed by atoms with Gasteiger partial charge in [-0.2, -0.15) is 0 Å². The molecule has 18 heavy (non-hydrogen) atoms. The van der Waals surface area contributed by atoms with E-state index >= 15 is 0 Å². The molecule has 0 aromatic rings. The Bertz CT molecular complexity index is 183. The van der Waals surface area contributed by atoms with Gasteiger partial charge in [0, 0.05) is 13.0 Å². The van der Waals surface area contributed by atoms with E-state index in [-0.39, 0.29) is 6.42 Å². The summed E-state index contributed by atoms with van der Waals surface area (Å²) >= 11 is 0. The summed E-state index contributed by atoms with van der Waals surface area (Å²) in [4.78, 5) is 19.8. The Balaban J connectivity index is 0. The van der Waals surface area contributed by atoms with E-state index in [1.807, 2.05) is 0 Å². The van der Waals surface area contributed by atoms with Gasteiger partial charge >= 0.3 is 5.97 Å². The molecule has 0 aliphatic heterocycles. The van der Waals surface area contributed by atoms with E-state index in [4.69, 9.17) is 5.11 Å². The number of carboxylic acid groups (broad SMARTS) is 1. The van der Waals surface area contributed by atoms with Crippen molar-refractivity contribution >= 4 is 12.4 Å². The van der Waals surface area contributed by atoms with Crippen LogP contribution >= 0.6 is 0 Å². The fraction of sp³-hybridized carbons (Fsp3) is 0.846. The maximum absolute atomic E-state index is 10.0. The highest BCUT2D eigenvalue weighted by molar-refractivity contribution is 5.66. The van der Waals surface area contributed by atoms with Crippen LogP contribution in [0.25, 0.3) is 0 Å². The molecular formula is C13H29N2O3+. The van der Waals surface area contributed by atoms with Crippen molar-refractivity contribution in [3.05, 3.63) is 0 Å². The third kappa shape index (κ3) is 24.2. The van der Waals surface area contributed by atoms with Gasteiger partial charge < -0.3 is 16.2 Å². The van der Waals surface area contributed by atoms with E-state index in [0.29, 0.717) is 19.4 Å². The molecule has 5 N–H and O–H groups in total. The Labute approximate surface area is 110 Å². The average Bonchev–Trinajstić information content (AvgIpc) is 2.35. The van der Waals surface area contributed by atoms with Crippen LogP contribution in [0, 0.1) is 0 Å². The first kappa shape index (κ1) is 19.2. The van der Waals surface area contributed by atoms with Crippen molar-refractivity contribution in [3.63, 3.8) is 0 Å². The van der Waals surface area contributed by atoms with Crippen molar-refractivity contribution in [2.24, 2.45) is 0 Å². The van der Waals surface area contributed by atoms with Gasteiger partial charge in [0.1, 0.15) is 0 Å².